The molecule has 1 fully saturated rings. The summed E-state index contributed by atoms with van der Waals surface area (Å²) < 4.78 is 6.37. The lowest BCUT2D eigenvalue weighted by Gasteiger charge is -2.21. The largest absolute Gasteiger partial charge is 0.370 e. The Balaban J connectivity index is 1.96. The molecule has 1 atom stereocenters. The molecule has 0 N–H and O–H groups in total. The lowest BCUT2D eigenvalue weighted by Crippen LogP contribution is -2.29. The standard InChI is InChI=1S/C12H14BrNO2/c13-10-5-9(7-14-8-10)6-11(15)12-3-1-2-4-16-12/h5,7-8,12H,1-4,6H2. The molecule has 1 unspecified atom stereocenters. The normalized spacial score (nSPS) is 20.7. The van der Waals surface area contributed by atoms with Crippen molar-refractivity contribution in [2.75, 3.05) is 6.61 Å². The molecule has 1 aliphatic heterocycles. The molecular weight excluding hydrogens is 270 g/mol. The predicted molar refractivity (Wildman–Crippen MR) is 64.2 cm³/mol. The molecule has 0 amide bonds. The summed E-state index contributed by atoms with van der Waals surface area (Å²) >= 11 is 3.34. The lowest BCUT2D eigenvalue weighted by atomic mass is 10.0. The number of hydrogen-bond acceptors (Lipinski definition) is 3. The Morgan fingerprint density at radius 3 is 3.06 bits per heavy atom. The van der Waals surface area contributed by atoms with E-state index in [-0.39, 0.29) is 11.9 Å². The molecule has 0 saturated carbocycles. The van der Waals surface area contributed by atoms with Gasteiger partial charge in [0.2, 0.25) is 0 Å². The average molecular weight is 284 g/mol. The number of Topliss-reactive ketones (excluding diaryl/α,β-unsaturated/α-hetero) is 1. The van der Waals surface area contributed by atoms with Gasteiger partial charge >= 0.3 is 0 Å². The number of ether oxygens (including phenoxy) is 1. The summed E-state index contributed by atoms with van der Waals surface area (Å²) in [5, 5.41) is 0. The minimum Gasteiger partial charge on any atom is -0.370 e. The van der Waals surface area contributed by atoms with Crippen LogP contribution in [0.15, 0.2) is 22.9 Å². The van der Waals surface area contributed by atoms with Gasteiger partial charge in [-0.25, -0.2) is 0 Å². The van der Waals surface area contributed by atoms with Crippen LogP contribution in [0.4, 0.5) is 0 Å². The molecule has 3 nitrogen and oxygen atoms in total. The lowest BCUT2D eigenvalue weighted by molar-refractivity contribution is -0.132. The zero-order valence-corrected chi connectivity index (χ0v) is 10.6. The van der Waals surface area contributed by atoms with Gasteiger partial charge in [0.1, 0.15) is 6.10 Å². The van der Waals surface area contributed by atoms with E-state index in [1.54, 1.807) is 12.4 Å². The fraction of sp³-hybridized carbons (Fsp3) is 0.500. The summed E-state index contributed by atoms with van der Waals surface area (Å²) in [5.74, 6) is 0.166. The number of pyridine rings is 1. The van der Waals surface area contributed by atoms with Gasteiger partial charge in [-0.2, -0.15) is 0 Å². The highest BCUT2D eigenvalue weighted by molar-refractivity contribution is 9.10. The van der Waals surface area contributed by atoms with Crippen molar-refractivity contribution in [2.45, 2.75) is 31.8 Å². The van der Waals surface area contributed by atoms with Crippen molar-refractivity contribution in [2.24, 2.45) is 0 Å². The number of halogens is 1. The number of nitrogens with zero attached hydrogens (tertiary/aromatic N) is 1. The zero-order valence-electron chi connectivity index (χ0n) is 8.99. The Morgan fingerprint density at radius 1 is 1.50 bits per heavy atom. The Labute approximate surface area is 103 Å². The van der Waals surface area contributed by atoms with Crippen LogP contribution < -0.4 is 0 Å². The van der Waals surface area contributed by atoms with Gasteiger partial charge in [-0.15, -0.1) is 0 Å². The molecular formula is C12H14BrNO2. The Morgan fingerprint density at radius 2 is 2.38 bits per heavy atom. The summed E-state index contributed by atoms with van der Waals surface area (Å²) in [5.41, 5.74) is 0.938. The number of ketones is 1. The topological polar surface area (TPSA) is 39.2 Å². The first-order chi connectivity index (χ1) is 7.75. The smallest absolute Gasteiger partial charge is 0.165 e. The number of hydrogen-bond donors (Lipinski definition) is 0. The van der Waals surface area contributed by atoms with E-state index in [1.165, 1.54) is 0 Å². The minimum absolute atomic E-state index is 0.166. The highest BCUT2D eigenvalue weighted by Gasteiger charge is 2.21. The van der Waals surface area contributed by atoms with Crippen molar-refractivity contribution in [3.63, 3.8) is 0 Å². The van der Waals surface area contributed by atoms with Gasteiger partial charge in [0.25, 0.3) is 0 Å². The van der Waals surface area contributed by atoms with Gasteiger partial charge < -0.3 is 4.74 Å². The van der Waals surface area contributed by atoms with Crippen LogP contribution >= 0.6 is 15.9 Å². The van der Waals surface area contributed by atoms with Gasteiger partial charge in [-0.05, 0) is 46.8 Å². The maximum Gasteiger partial charge on any atom is 0.165 e. The molecule has 1 saturated heterocycles. The Bertz CT molecular complexity index is 375. The van der Waals surface area contributed by atoms with Crippen LogP contribution in [0.2, 0.25) is 0 Å². The molecule has 0 radical (unpaired) electrons. The van der Waals surface area contributed by atoms with E-state index in [4.69, 9.17) is 4.74 Å². The number of carbonyl (C=O) groups excluding carboxylic acids is 1. The van der Waals surface area contributed by atoms with Crippen LogP contribution in [0.5, 0.6) is 0 Å². The van der Waals surface area contributed by atoms with Crippen LogP contribution in [-0.4, -0.2) is 23.5 Å². The van der Waals surface area contributed by atoms with Crippen LogP contribution in [0.1, 0.15) is 24.8 Å². The summed E-state index contributed by atoms with van der Waals surface area (Å²) in [7, 11) is 0. The van der Waals surface area contributed by atoms with E-state index in [0.29, 0.717) is 13.0 Å². The zero-order chi connectivity index (χ0) is 11.4. The van der Waals surface area contributed by atoms with Gasteiger partial charge in [-0.3, -0.25) is 9.78 Å². The number of carbonyl (C=O) groups is 1. The Kier molecular flexibility index (Phi) is 4.07. The first kappa shape index (κ1) is 11.7. The molecule has 16 heavy (non-hydrogen) atoms. The molecule has 0 aliphatic carbocycles. The molecule has 1 aromatic rings. The highest BCUT2D eigenvalue weighted by Crippen LogP contribution is 2.16. The fourth-order valence-electron chi connectivity index (χ4n) is 1.86. The number of aromatic nitrogens is 1. The predicted octanol–water partition coefficient (Wildman–Crippen LogP) is 2.52. The quantitative estimate of drug-likeness (QED) is 0.856. The monoisotopic (exact) mass is 283 g/mol. The summed E-state index contributed by atoms with van der Waals surface area (Å²) in [6.07, 6.45) is 6.68. The van der Waals surface area contributed by atoms with E-state index in [9.17, 15) is 4.79 Å². The van der Waals surface area contributed by atoms with Crippen molar-refractivity contribution in [1.82, 2.24) is 4.98 Å². The third-order valence-corrected chi connectivity index (χ3v) is 3.11. The van der Waals surface area contributed by atoms with Crippen molar-refractivity contribution >= 4 is 21.7 Å². The van der Waals surface area contributed by atoms with Gasteiger partial charge in [0.05, 0.1) is 0 Å². The van der Waals surface area contributed by atoms with Crippen molar-refractivity contribution in [3.8, 4) is 0 Å². The maximum atomic E-state index is 11.9. The van der Waals surface area contributed by atoms with Crippen LogP contribution in [-0.2, 0) is 16.0 Å². The maximum absolute atomic E-state index is 11.9. The minimum atomic E-state index is -0.201. The third kappa shape index (κ3) is 3.12. The molecule has 2 rings (SSSR count). The first-order valence-corrected chi connectivity index (χ1v) is 6.29. The second-order valence-corrected chi connectivity index (χ2v) is 4.93. The molecule has 86 valence electrons. The highest BCUT2D eigenvalue weighted by atomic mass is 79.9. The molecule has 2 heterocycles. The van der Waals surface area contributed by atoms with Crippen molar-refractivity contribution in [3.05, 3.63) is 28.5 Å². The van der Waals surface area contributed by atoms with E-state index in [2.05, 4.69) is 20.9 Å². The average Bonchev–Trinajstić information content (AvgIpc) is 2.30. The summed E-state index contributed by atoms with van der Waals surface area (Å²) in [4.78, 5) is 16.0. The van der Waals surface area contributed by atoms with E-state index >= 15 is 0 Å². The molecule has 0 bridgehead atoms. The fourth-order valence-corrected chi connectivity index (χ4v) is 2.27. The third-order valence-electron chi connectivity index (χ3n) is 2.68. The second kappa shape index (κ2) is 5.55. The van der Waals surface area contributed by atoms with E-state index < -0.39 is 0 Å². The second-order valence-electron chi connectivity index (χ2n) is 4.01. The van der Waals surface area contributed by atoms with E-state index in [1.807, 2.05) is 6.07 Å². The first-order valence-electron chi connectivity index (χ1n) is 5.49. The van der Waals surface area contributed by atoms with Crippen molar-refractivity contribution in [1.29, 1.82) is 0 Å². The van der Waals surface area contributed by atoms with E-state index in [0.717, 1.165) is 29.3 Å². The molecule has 0 aromatic carbocycles. The molecule has 1 aromatic heterocycles. The van der Waals surface area contributed by atoms with Crippen LogP contribution in [0.3, 0.4) is 0 Å². The molecule has 0 spiro atoms. The Hall–Kier alpha value is -0.740. The van der Waals surface area contributed by atoms with Gasteiger partial charge in [0, 0.05) is 29.9 Å². The summed E-state index contributed by atoms with van der Waals surface area (Å²) in [6, 6.07) is 1.92. The van der Waals surface area contributed by atoms with Crippen molar-refractivity contribution < 1.29 is 9.53 Å². The van der Waals surface area contributed by atoms with Gasteiger partial charge in [-0.1, -0.05) is 0 Å². The SMILES string of the molecule is O=C(Cc1cncc(Br)c1)C1CCCCO1. The number of rotatable bonds is 3. The van der Waals surface area contributed by atoms with Crippen LogP contribution in [0.25, 0.3) is 0 Å². The van der Waals surface area contributed by atoms with Gasteiger partial charge in [0.15, 0.2) is 5.78 Å². The van der Waals surface area contributed by atoms with Crippen LogP contribution in [0, 0.1) is 0 Å². The molecule has 4 heteroatoms. The molecule has 1 aliphatic rings. The summed E-state index contributed by atoms with van der Waals surface area (Å²) in [6.45, 7) is 0.715.